The Morgan fingerprint density at radius 2 is 2.11 bits per heavy atom. The van der Waals surface area contributed by atoms with E-state index in [1.54, 1.807) is 7.05 Å². The first-order chi connectivity index (χ1) is 8.32. The molecule has 1 aromatic rings. The summed E-state index contributed by atoms with van der Waals surface area (Å²) >= 11 is 0. The average molecular weight is 252 g/mol. The maximum atomic E-state index is 12.0. The van der Waals surface area contributed by atoms with Gasteiger partial charge < -0.3 is 10.0 Å². The molecule has 0 atom stereocenters. The number of hydrogen-bond acceptors (Lipinski definition) is 4. The van der Waals surface area contributed by atoms with Crippen LogP contribution in [0.5, 0.6) is 5.75 Å². The number of phenols is 1. The lowest BCUT2D eigenvalue weighted by Crippen LogP contribution is -2.30. The van der Waals surface area contributed by atoms with Gasteiger partial charge in [0.2, 0.25) is 0 Å². The predicted octanol–water partition coefficient (Wildman–Crippen LogP) is 2.03. The van der Waals surface area contributed by atoms with Gasteiger partial charge in [0.25, 0.3) is 5.91 Å². The van der Waals surface area contributed by atoms with Crippen molar-refractivity contribution in [1.82, 2.24) is 4.90 Å². The van der Waals surface area contributed by atoms with Crippen LogP contribution in [0.25, 0.3) is 0 Å². The van der Waals surface area contributed by atoms with Gasteiger partial charge in [-0.05, 0) is 18.1 Å². The van der Waals surface area contributed by atoms with Gasteiger partial charge in [-0.2, -0.15) is 0 Å². The van der Waals surface area contributed by atoms with Crippen molar-refractivity contribution in [3.63, 3.8) is 0 Å². The molecule has 0 saturated heterocycles. The van der Waals surface area contributed by atoms with Crippen molar-refractivity contribution in [1.29, 1.82) is 0 Å². The van der Waals surface area contributed by atoms with Gasteiger partial charge >= 0.3 is 5.69 Å². The second-order valence-electron chi connectivity index (χ2n) is 4.54. The molecule has 18 heavy (non-hydrogen) atoms. The maximum Gasteiger partial charge on any atom is 0.310 e. The van der Waals surface area contributed by atoms with Gasteiger partial charge in [0.1, 0.15) is 0 Å². The lowest BCUT2D eigenvalue weighted by molar-refractivity contribution is -0.385. The molecule has 6 nitrogen and oxygen atoms in total. The van der Waals surface area contributed by atoms with Gasteiger partial charge in [-0.3, -0.25) is 14.9 Å². The molecule has 1 aromatic carbocycles. The third-order valence-electron chi connectivity index (χ3n) is 2.40. The number of carbonyl (C=O) groups is 1. The number of hydrogen-bond donors (Lipinski definition) is 1. The fourth-order valence-corrected chi connectivity index (χ4v) is 1.66. The highest BCUT2D eigenvalue weighted by Crippen LogP contribution is 2.26. The van der Waals surface area contributed by atoms with Crippen LogP contribution in [0.15, 0.2) is 18.2 Å². The minimum atomic E-state index is -0.693. The fourth-order valence-electron chi connectivity index (χ4n) is 1.66. The highest BCUT2D eigenvalue weighted by molar-refractivity contribution is 5.94. The largest absolute Gasteiger partial charge is 0.502 e. The van der Waals surface area contributed by atoms with E-state index in [-0.39, 0.29) is 11.5 Å². The molecule has 98 valence electrons. The second kappa shape index (κ2) is 5.48. The van der Waals surface area contributed by atoms with Crippen molar-refractivity contribution in [3.8, 4) is 5.75 Å². The predicted molar refractivity (Wildman–Crippen MR) is 66.6 cm³/mol. The molecule has 0 aliphatic carbocycles. The molecule has 6 heteroatoms. The molecular weight excluding hydrogens is 236 g/mol. The van der Waals surface area contributed by atoms with E-state index in [0.717, 1.165) is 12.1 Å². The fraction of sp³-hybridized carbons (Fsp3) is 0.417. The molecular formula is C12H16N2O4. The molecule has 0 heterocycles. The molecule has 0 aliphatic rings. The van der Waals surface area contributed by atoms with E-state index in [9.17, 15) is 20.0 Å². The number of aromatic hydroxyl groups is 1. The molecule has 0 spiro atoms. The van der Waals surface area contributed by atoms with Crippen LogP contribution in [0, 0.1) is 16.0 Å². The zero-order valence-electron chi connectivity index (χ0n) is 10.6. The second-order valence-corrected chi connectivity index (χ2v) is 4.54. The summed E-state index contributed by atoms with van der Waals surface area (Å²) < 4.78 is 0. The van der Waals surface area contributed by atoms with E-state index in [0.29, 0.717) is 12.5 Å². The van der Waals surface area contributed by atoms with Crippen molar-refractivity contribution in [3.05, 3.63) is 33.9 Å². The smallest absolute Gasteiger partial charge is 0.310 e. The number of nitro benzene ring substituents is 1. The van der Waals surface area contributed by atoms with Crippen LogP contribution >= 0.6 is 0 Å². The van der Waals surface area contributed by atoms with Crippen LogP contribution in [0.2, 0.25) is 0 Å². The molecule has 0 saturated carbocycles. The molecule has 0 fully saturated rings. The number of carbonyl (C=O) groups excluding carboxylic acids is 1. The van der Waals surface area contributed by atoms with Gasteiger partial charge in [-0.15, -0.1) is 0 Å². The quantitative estimate of drug-likeness (QED) is 0.656. The van der Waals surface area contributed by atoms with E-state index in [1.165, 1.54) is 11.0 Å². The van der Waals surface area contributed by atoms with E-state index in [4.69, 9.17) is 0 Å². The van der Waals surface area contributed by atoms with Gasteiger partial charge in [0.05, 0.1) is 4.92 Å². The standard InChI is InChI=1S/C12H16N2O4/c1-8(2)7-13(3)12(16)9-4-5-10(14(17)18)11(15)6-9/h4-6,8,15H,7H2,1-3H3. The Hall–Kier alpha value is -2.11. The summed E-state index contributed by atoms with van der Waals surface area (Å²) in [6.45, 7) is 4.55. The first-order valence-corrected chi connectivity index (χ1v) is 5.55. The Kier molecular flexibility index (Phi) is 4.25. The monoisotopic (exact) mass is 252 g/mol. The molecule has 1 amide bonds. The van der Waals surface area contributed by atoms with Crippen LogP contribution in [0.4, 0.5) is 5.69 Å². The summed E-state index contributed by atoms with van der Waals surface area (Å²) in [6.07, 6.45) is 0. The lowest BCUT2D eigenvalue weighted by atomic mass is 10.1. The molecule has 0 aromatic heterocycles. The molecule has 1 rings (SSSR count). The summed E-state index contributed by atoms with van der Waals surface area (Å²) in [5.41, 5.74) is -0.167. The average Bonchev–Trinajstić information content (AvgIpc) is 2.26. The number of rotatable bonds is 4. The van der Waals surface area contributed by atoms with Crippen molar-refractivity contribution in [2.45, 2.75) is 13.8 Å². The van der Waals surface area contributed by atoms with Gasteiger partial charge in [-0.25, -0.2) is 0 Å². The SMILES string of the molecule is CC(C)CN(C)C(=O)c1ccc([N+](=O)[O-])c(O)c1. The summed E-state index contributed by atoms with van der Waals surface area (Å²) in [5.74, 6) is -0.441. The Bertz CT molecular complexity index is 471. The van der Waals surface area contributed by atoms with E-state index in [2.05, 4.69) is 0 Å². The van der Waals surface area contributed by atoms with E-state index < -0.39 is 16.4 Å². The van der Waals surface area contributed by atoms with Crippen LogP contribution in [-0.4, -0.2) is 34.4 Å². The number of nitrogens with zero attached hydrogens (tertiary/aromatic N) is 2. The molecule has 0 radical (unpaired) electrons. The van der Waals surface area contributed by atoms with Gasteiger partial charge in [0.15, 0.2) is 5.75 Å². The number of amides is 1. The van der Waals surface area contributed by atoms with E-state index >= 15 is 0 Å². The first kappa shape index (κ1) is 14.0. The van der Waals surface area contributed by atoms with Crippen LogP contribution in [0.1, 0.15) is 24.2 Å². The Morgan fingerprint density at radius 1 is 1.50 bits per heavy atom. The summed E-state index contributed by atoms with van der Waals surface area (Å²) in [7, 11) is 1.65. The van der Waals surface area contributed by atoms with Crippen molar-refractivity contribution in [2.75, 3.05) is 13.6 Å². The van der Waals surface area contributed by atoms with Crippen LogP contribution < -0.4 is 0 Å². The zero-order chi connectivity index (χ0) is 13.9. The maximum absolute atomic E-state index is 12.0. The lowest BCUT2D eigenvalue weighted by Gasteiger charge is -2.19. The molecule has 0 unspecified atom stereocenters. The van der Waals surface area contributed by atoms with Crippen molar-refractivity contribution in [2.24, 2.45) is 5.92 Å². The highest BCUT2D eigenvalue weighted by atomic mass is 16.6. The number of nitro groups is 1. The van der Waals surface area contributed by atoms with Crippen molar-refractivity contribution >= 4 is 11.6 Å². The third-order valence-corrected chi connectivity index (χ3v) is 2.40. The summed E-state index contributed by atoms with van der Waals surface area (Å²) in [5, 5.41) is 20.0. The Balaban J connectivity index is 2.94. The number of phenolic OH excluding ortho intramolecular Hbond substituents is 1. The first-order valence-electron chi connectivity index (χ1n) is 5.55. The summed E-state index contributed by atoms with van der Waals surface area (Å²) in [6, 6.07) is 3.60. The van der Waals surface area contributed by atoms with E-state index in [1.807, 2.05) is 13.8 Å². The van der Waals surface area contributed by atoms with Crippen LogP contribution in [0.3, 0.4) is 0 Å². The Morgan fingerprint density at radius 3 is 2.56 bits per heavy atom. The minimum absolute atomic E-state index is 0.237. The van der Waals surface area contributed by atoms with Crippen LogP contribution in [-0.2, 0) is 0 Å². The summed E-state index contributed by atoms with van der Waals surface area (Å²) in [4.78, 5) is 23.3. The Labute approximate surface area is 105 Å². The zero-order valence-corrected chi connectivity index (χ0v) is 10.6. The van der Waals surface area contributed by atoms with Gasteiger partial charge in [-0.1, -0.05) is 13.8 Å². The van der Waals surface area contributed by atoms with Gasteiger partial charge in [0, 0.05) is 25.2 Å². The molecule has 0 aliphatic heterocycles. The normalized spacial score (nSPS) is 10.4. The minimum Gasteiger partial charge on any atom is -0.502 e. The molecule has 0 bridgehead atoms. The van der Waals surface area contributed by atoms with Crippen molar-refractivity contribution < 1.29 is 14.8 Å². The number of benzene rings is 1. The highest BCUT2D eigenvalue weighted by Gasteiger charge is 2.18. The third kappa shape index (κ3) is 3.19. The topological polar surface area (TPSA) is 83.7 Å². The molecule has 1 N–H and O–H groups in total.